The molecule has 0 unspecified atom stereocenters. The van der Waals surface area contributed by atoms with Gasteiger partial charge in [-0.1, -0.05) is 53.5 Å². The monoisotopic (exact) mass is 375 g/mol. The van der Waals surface area contributed by atoms with Crippen LogP contribution >= 0.6 is 23.2 Å². The van der Waals surface area contributed by atoms with Crippen LogP contribution in [0.3, 0.4) is 0 Å². The smallest absolute Gasteiger partial charge is 0.238 e. The molecule has 6 heteroatoms. The molecule has 2 aromatic carbocycles. The Bertz CT molecular complexity index is 904. The first-order valence-corrected chi connectivity index (χ1v) is 8.18. The van der Waals surface area contributed by atoms with E-state index < -0.39 is 0 Å². The lowest BCUT2D eigenvalue weighted by atomic mass is 10.2. The second-order valence-electron chi connectivity index (χ2n) is 5.13. The Balaban J connectivity index is 1.92. The third-order valence-electron chi connectivity index (χ3n) is 3.52. The van der Waals surface area contributed by atoms with Gasteiger partial charge in [-0.2, -0.15) is 0 Å². The predicted octanol–water partition coefficient (Wildman–Crippen LogP) is 5.75. The molecule has 0 saturated carbocycles. The number of nitrogens with zero attached hydrogens (tertiary/aromatic N) is 1. The molecule has 0 N–H and O–H groups in total. The largest absolute Gasteiger partial charge is 0.493 e. The molecule has 0 aliphatic rings. The lowest BCUT2D eigenvalue weighted by Crippen LogP contribution is -1.92. The third-order valence-corrected chi connectivity index (χ3v) is 4.07. The number of halogens is 2. The minimum atomic E-state index is 0.325. The van der Waals surface area contributed by atoms with E-state index in [9.17, 15) is 0 Å². The number of oxazole rings is 1. The van der Waals surface area contributed by atoms with Crippen LogP contribution in [-0.4, -0.2) is 19.2 Å². The Kier molecular flexibility index (Phi) is 5.31. The van der Waals surface area contributed by atoms with Crippen molar-refractivity contribution in [3.8, 4) is 22.8 Å². The van der Waals surface area contributed by atoms with Gasteiger partial charge in [-0.25, -0.2) is 4.98 Å². The number of benzene rings is 2. The first-order chi connectivity index (χ1) is 12.1. The maximum atomic E-state index is 6.35. The second kappa shape index (κ2) is 7.64. The summed E-state index contributed by atoms with van der Waals surface area (Å²) in [5.41, 5.74) is 1.67. The number of ether oxygens (including phenoxy) is 2. The van der Waals surface area contributed by atoms with Gasteiger partial charge < -0.3 is 13.9 Å². The highest BCUT2D eigenvalue weighted by Gasteiger charge is 2.13. The molecule has 1 aromatic heterocycles. The minimum Gasteiger partial charge on any atom is -0.493 e. The summed E-state index contributed by atoms with van der Waals surface area (Å²) in [5, 5.41) is 0.778. The van der Waals surface area contributed by atoms with Crippen LogP contribution in [0, 0.1) is 0 Å². The molecule has 0 bridgehead atoms. The van der Waals surface area contributed by atoms with E-state index in [1.807, 2.05) is 30.3 Å². The molecule has 3 rings (SSSR count). The second-order valence-corrected chi connectivity index (χ2v) is 5.94. The van der Waals surface area contributed by atoms with E-state index >= 15 is 0 Å². The van der Waals surface area contributed by atoms with E-state index in [0.29, 0.717) is 33.2 Å². The number of methoxy groups -OCH3 is 2. The molecule has 0 aliphatic heterocycles. The van der Waals surface area contributed by atoms with E-state index in [1.54, 1.807) is 31.5 Å². The molecular weight excluding hydrogens is 361 g/mol. The van der Waals surface area contributed by atoms with E-state index in [-0.39, 0.29) is 0 Å². The average molecular weight is 376 g/mol. The van der Waals surface area contributed by atoms with E-state index in [4.69, 9.17) is 37.1 Å². The van der Waals surface area contributed by atoms with Crippen LogP contribution in [0.15, 0.2) is 53.1 Å². The van der Waals surface area contributed by atoms with Gasteiger partial charge in [0, 0.05) is 5.56 Å². The fraction of sp³-hybridized carbons (Fsp3) is 0.105. The van der Waals surface area contributed by atoms with Crippen LogP contribution < -0.4 is 9.47 Å². The van der Waals surface area contributed by atoms with Gasteiger partial charge in [0.1, 0.15) is 5.03 Å². The van der Waals surface area contributed by atoms with Gasteiger partial charge in [0.25, 0.3) is 0 Å². The van der Waals surface area contributed by atoms with Gasteiger partial charge >= 0.3 is 0 Å². The van der Waals surface area contributed by atoms with Crippen LogP contribution in [0.5, 0.6) is 11.5 Å². The highest BCUT2D eigenvalue weighted by atomic mass is 35.5. The molecule has 0 saturated heterocycles. The molecule has 0 aliphatic carbocycles. The van der Waals surface area contributed by atoms with E-state index in [0.717, 1.165) is 11.1 Å². The van der Waals surface area contributed by atoms with Crippen molar-refractivity contribution in [2.75, 3.05) is 14.2 Å². The quantitative estimate of drug-likeness (QED) is 0.569. The van der Waals surface area contributed by atoms with Crippen molar-refractivity contribution in [1.82, 2.24) is 4.98 Å². The standard InChI is InChI=1S/C19H15Cl2NO3/c1-23-16-10-12(8-14(20)18(16)24-2)9-15(21)19-22-11-17(25-19)13-6-4-3-5-7-13/h3-11H,1-2H3/b15-9-. The zero-order valence-electron chi connectivity index (χ0n) is 13.6. The van der Waals surface area contributed by atoms with Crippen LogP contribution in [0.4, 0.5) is 0 Å². The Labute approximate surface area is 155 Å². The summed E-state index contributed by atoms with van der Waals surface area (Å²) in [6, 6.07) is 13.2. The van der Waals surface area contributed by atoms with Gasteiger partial charge in [-0.05, 0) is 23.8 Å². The van der Waals surface area contributed by atoms with Crippen LogP contribution in [0.1, 0.15) is 11.5 Å². The van der Waals surface area contributed by atoms with E-state index in [1.165, 1.54) is 7.11 Å². The van der Waals surface area contributed by atoms with Crippen molar-refractivity contribution in [2.45, 2.75) is 0 Å². The summed E-state index contributed by atoms with van der Waals surface area (Å²) in [6.45, 7) is 0. The Hall–Kier alpha value is -2.43. The van der Waals surface area contributed by atoms with Crippen molar-refractivity contribution in [3.63, 3.8) is 0 Å². The summed E-state index contributed by atoms with van der Waals surface area (Å²) in [4.78, 5) is 4.23. The normalized spacial score (nSPS) is 11.4. The number of hydrogen-bond donors (Lipinski definition) is 0. The highest BCUT2D eigenvalue weighted by molar-refractivity contribution is 6.50. The molecule has 0 radical (unpaired) electrons. The fourth-order valence-electron chi connectivity index (χ4n) is 2.35. The molecular formula is C19H15Cl2NO3. The molecule has 0 atom stereocenters. The summed E-state index contributed by atoms with van der Waals surface area (Å²) in [7, 11) is 3.08. The summed E-state index contributed by atoms with van der Waals surface area (Å²) < 4.78 is 16.2. The number of aromatic nitrogens is 1. The maximum absolute atomic E-state index is 6.35. The third kappa shape index (κ3) is 3.81. The van der Waals surface area contributed by atoms with Gasteiger partial charge in [-0.15, -0.1) is 0 Å². The molecule has 0 fully saturated rings. The summed E-state index contributed by atoms with van der Waals surface area (Å²) >= 11 is 12.6. The molecule has 128 valence electrons. The van der Waals surface area contributed by atoms with Crippen molar-refractivity contribution >= 4 is 34.3 Å². The van der Waals surface area contributed by atoms with Crippen LogP contribution in [-0.2, 0) is 0 Å². The van der Waals surface area contributed by atoms with Gasteiger partial charge in [0.2, 0.25) is 5.89 Å². The number of rotatable bonds is 5. The van der Waals surface area contributed by atoms with Crippen molar-refractivity contribution in [3.05, 3.63) is 65.1 Å². The average Bonchev–Trinajstić information content (AvgIpc) is 3.12. The first kappa shape index (κ1) is 17.4. The fourth-order valence-corrected chi connectivity index (χ4v) is 2.86. The number of hydrogen-bond acceptors (Lipinski definition) is 4. The topological polar surface area (TPSA) is 44.5 Å². The lowest BCUT2D eigenvalue weighted by Gasteiger charge is -2.10. The maximum Gasteiger partial charge on any atom is 0.238 e. The first-order valence-electron chi connectivity index (χ1n) is 7.42. The molecule has 1 heterocycles. The van der Waals surface area contributed by atoms with Gasteiger partial charge in [-0.3, -0.25) is 0 Å². The van der Waals surface area contributed by atoms with Gasteiger partial charge in [0.05, 0.1) is 25.4 Å². The Morgan fingerprint density at radius 2 is 1.88 bits per heavy atom. The summed E-state index contributed by atoms with van der Waals surface area (Å²) in [5.74, 6) is 1.96. The van der Waals surface area contributed by atoms with Crippen LogP contribution in [0.25, 0.3) is 22.4 Å². The Morgan fingerprint density at radius 3 is 2.56 bits per heavy atom. The lowest BCUT2D eigenvalue weighted by molar-refractivity contribution is 0.355. The van der Waals surface area contributed by atoms with Crippen molar-refractivity contribution in [1.29, 1.82) is 0 Å². The minimum absolute atomic E-state index is 0.325. The molecule has 3 aromatic rings. The molecule has 4 nitrogen and oxygen atoms in total. The van der Waals surface area contributed by atoms with Crippen LogP contribution in [0.2, 0.25) is 5.02 Å². The molecule has 0 spiro atoms. The highest BCUT2D eigenvalue weighted by Crippen LogP contribution is 2.37. The predicted molar refractivity (Wildman–Crippen MR) is 100 cm³/mol. The van der Waals surface area contributed by atoms with E-state index in [2.05, 4.69) is 4.98 Å². The zero-order valence-corrected chi connectivity index (χ0v) is 15.1. The van der Waals surface area contributed by atoms with Gasteiger partial charge in [0.15, 0.2) is 17.3 Å². The van der Waals surface area contributed by atoms with Crippen molar-refractivity contribution < 1.29 is 13.9 Å². The molecule has 25 heavy (non-hydrogen) atoms. The Morgan fingerprint density at radius 1 is 1.12 bits per heavy atom. The SMILES string of the molecule is COc1cc(/C=C(\Cl)c2ncc(-c3ccccc3)o2)cc(Cl)c1OC. The summed E-state index contributed by atoms with van der Waals surface area (Å²) in [6.07, 6.45) is 3.35. The van der Waals surface area contributed by atoms with Crippen molar-refractivity contribution in [2.24, 2.45) is 0 Å². The zero-order chi connectivity index (χ0) is 17.8. The molecule has 0 amide bonds.